The number of hydrogen-bond acceptors (Lipinski definition) is 8. The monoisotopic (exact) mass is 544 g/mol. The van der Waals surface area contributed by atoms with Crippen LogP contribution in [0.5, 0.6) is 0 Å². The van der Waals surface area contributed by atoms with Crippen molar-refractivity contribution in [3.63, 3.8) is 0 Å². The van der Waals surface area contributed by atoms with Crippen molar-refractivity contribution in [2.45, 2.75) is 0 Å². The first-order valence-corrected chi connectivity index (χ1v) is 6.00. The molecular weight excluding hydrogens is 538 g/mol. The summed E-state index contributed by atoms with van der Waals surface area (Å²) >= 11 is 6.49. The summed E-state index contributed by atoms with van der Waals surface area (Å²) in [5, 5.41) is 0. The topological polar surface area (TPSA) is 209 Å². The SMILES string of the molecule is O.O.O.O=S(=O)([O-])[S-].O=S(=O)([O-])[S-].[Au+].[Na+].[Na+].[Na+]. The molecule has 0 unspecified atom stereocenters. The third-order valence-electron chi connectivity index (χ3n) is 0. The maximum Gasteiger partial charge on any atom is 1.00 e. The molecule has 0 spiro atoms. The van der Waals surface area contributed by atoms with Crippen LogP contribution in [-0.2, 0) is 64.0 Å². The second kappa shape index (κ2) is 28.3. The van der Waals surface area contributed by atoms with Crippen molar-refractivity contribution in [1.82, 2.24) is 0 Å². The number of hydrogen-bond donors (Lipinski definition) is 0. The Balaban J connectivity index is -0.00000000762. The molecule has 0 aromatic heterocycles. The molecule has 0 heterocycles. The Hall–Kier alpha value is 4.14. The first-order valence-electron chi connectivity index (χ1n) is 1.33. The van der Waals surface area contributed by atoms with Gasteiger partial charge >= 0.3 is 111 Å². The Kier molecular flexibility index (Phi) is 96.9. The largest absolute Gasteiger partial charge is 1.00 e. The maximum absolute atomic E-state index is 8.89. The summed E-state index contributed by atoms with van der Waals surface area (Å²) in [4.78, 5) is 0. The molecule has 17 heavy (non-hydrogen) atoms. The second-order valence-corrected chi connectivity index (χ2v) is 4.90. The Morgan fingerprint density at radius 2 is 0.647 bits per heavy atom. The first kappa shape index (κ1) is 58.2. The molecule has 0 aliphatic heterocycles. The van der Waals surface area contributed by atoms with E-state index >= 15 is 0 Å². The molecule has 0 saturated carbocycles. The van der Waals surface area contributed by atoms with Crippen molar-refractivity contribution in [2.24, 2.45) is 0 Å². The third-order valence-corrected chi connectivity index (χ3v) is 0. The smallest absolute Gasteiger partial charge is 0.768 e. The van der Waals surface area contributed by atoms with Gasteiger partial charge in [-0.3, -0.25) is 16.8 Å². The molecule has 0 saturated heterocycles. The summed E-state index contributed by atoms with van der Waals surface area (Å²) in [6.07, 6.45) is 0. The zero-order chi connectivity index (χ0) is 9.00. The van der Waals surface area contributed by atoms with Crippen molar-refractivity contribution in [1.29, 1.82) is 0 Å². The van der Waals surface area contributed by atoms with Crippen LogP contribution >= 0.6 is 0 Å². The minimum absolute atomic E-state index is 0. The first-order chi connectivity index (χ1) is 4.00. The summed E-state index contributed by atoms with van der Waals surface area (Å²) < 4.78 is 53.3. The van der Waals surface area contributed by atoms with E-state index in [1.165, 1.54) is 0 Å². The molecule has 0 atom stereocenters. The minimum Gasteiger partial charge on any atom is -0.768 e. The minimum atomic E-state index is -4.33. The van der Waals surface area contributed by atoms with E-state index in [1.807, 2.05) is 0 Å². The molecule has 98 valence electrons. The van der Waals surface area contributed by atoms with Crippen LogP contribution in [0.1, 0.15) is 0 Å². The molecular formula is H6AuNa3O9S4. The van der Waals surface area contributed by atoms with E-state index in [2.05, 4.69) is 23.3 Å². The average molecular weight is 544 g/mol. The van der Waals surface area contributed by atoms with E-state index in [-0.39, 0.29) is 127 Å². The van der Waals surface area contributed by atoms with Crippen molar-refractivity contribution < 1.29 is 153 Å². The van der Waals surface area contributed by atoms with Crippen LogP contribution in [-0.4, -0.2) is 42.4 Å². The molecule has 0 amide bonds. The summed E-state index contributed by atoms with van der Waals surface area (Å²) in [5.74, 6) is 0. The summed E-state index contributed by atoms with van der Waals surface area (Å²) in [7, 11) is -8.67. The van der Waals surface area contributed by atoms with Gasteiger partial charge in [-0.2, -0.15) is 0 Å². The Morgan fingerprint density at radius 3 is 0.647 bits per heavy atom. The molecule has 6 N–H and O–H groups in total. The fourth-order valence-corrected chi connectivity index (χ4v) is 0. The van der Waals surface area contributed by atoms with Crippen LogP contribution < -0.4 is 88.7 Å². The Labute approximate surface area is 191 Å². The average Bonchev–Trinajstić information content (AvgIpc) is 1.12. The van der Waals surface area contributed by atoms with Crippen LogP contribution in [0, 0.1) is 0 Å². The van der Waals surface area contributed by atoms with Crippen molar-refractivity contribution >= 4 is 41.6 Å². The van der Waals surface area contributed by atoms with Gasteiger partial charge in [0.05, 0.1) is 0 Å². The van der Waals surface area contributed by atoms with Gasteiger partial charge in [0.15, 0.2) is 0 Å². The maximum atomic E-state index is 8.89. The van der Waals surface area contributed by atoms with E-state index in [9.17, 15) is 0 Å². The standard InChI is InChI=1S/Au.3Na.2H2O3S2.3H2O/c;;;;2*1-5(2,3)4;;;/h;;;;2*(H2,1,2,3,4);3*1H2/q4*+1;;;;;/p-4. The molecule has 0 radical (unpaired) electrons. The molecule has 0 aromatic carbocycles. The summed E-state index contributed by atoms with van der Waals surface area (Å²) in [6, 6.07) is 0. The van der Waals surface area contributed by atoms with Crippen molar-refractivity contribution in [3.05, 3.63) is 0 Å². The van der Waals surface area contributed by atoms with Crippen LogP contribution in [0.4, 0.5) is 0 Å². The molecule has 9 nitrogen and oxygen atoms in total. The predicted molar refractivity (Wildman–Crippen MR) is 45.0 cm³/mol. The summed E-state index contributed by atoms with van der Waals surface area (Å²) in [5.41, 5.74) is 0. The fourth-order valence-electron chi connectivity index (χ4n) is 0. The van der Waals surface area contributed by atoms with Gasteiger partial charge < -0.3 is 48.9 Å². The molecule has 0 rings (SSSR count). The molecule has 0 aliphatic carbocycles. The van der Waals surface area contributed by atoms with Crippen LogP contribution in [0.15, 0.2) is 0 Å². The van der Waals surface area contributed by atoms with Crippen LogP contribution in [0.25, 0.3) is 0 Å². The quantitative estimate of drug-likeness (QED) is 0.123. The van der Waals surface area contributed by atoms with Crippen LogP contribution in [0.3, 0.4) is 0 Å². The van der Waals surface area contributed by atoms with Gasteiger partial charge in [-0.25, -0.2) is 0 Å². The van der Waals surface area contributed by atoms with Crippen molar-refractivity contribution in [3.8, 4) is 0 Å². The second-order valence-electron chi connectivity index (χ2n) is 0.816. The predicted octanol–water partition coefficient (Wildman–Crippen LogP) is -13.5. The van der Waals surface area contributed by atoms with Crippen LogP contribution in [0.2, 0.25) is 0 Å². The Bertz CT molecular complexity index is 225. The zero-order valence-corrected chi connectivity index (χ0v) is 20.3. The van der Waals surface area contributed by atoms with E-state index in [4.69, 9.17) is 25.9 Å². The van der Waals surface area contributed by atoms with Gasteiger partial charge in [-0.1, -0.05) is 0 Å². The van der Waals surface area contributed by atoms with E-state index in [0.29, 0.717) is 0 Å². The molecule has 17 heteroatoms. The van der Waals surface area contributed by atoms with Gasteiger partial charge in [-0.05, 0) is 18.3 Å². The van der Waals surface area contributed by atoms with Gasteiger partial charge in [0.2, 0.25) is 0 Å². The normalized spacial score (nSPS) is 6.82. The van der Waals surface area contributed by atoms with Gasteiger partial charge in [-0.15, -0.1) is 0 Å². The number of rotatable bonds is 0. The van der Waals surface area contributed by atoms with Gasteiger partial charge in [0, 0.05) is 0 Å². The van der Waals surface area contributed by atoms with Gasteiger partial charge in [0.25, 0.3) is 0 Å². The van der Waals surface area contributed by atoms with E-state index in [0.717, 1.165) is 0 Å². The summed E-state index contributed by atoms with van der Waals surface area (Å²) in [6.45, 7) is 0. The Morgan fingerprint density at radius 1 is 0.647 bits per heavy atom. The molecule has 0 bridgehead atoms. The molecule has 0 fully saturated rings. The zero-order valence-electron chi connectivity index (χ0n) is 8.88. The molecule has 0 aliphatic rings. The van der Waals surface area contributed by atoms with Crippen molar-refractivity contribution in [2.75, 3.05) is 0 Å². The van der Waals surface area contributed by atoms with Gasteiger partial charge in [0.1, 0.15) is 0 Å². The van der Waals surface area contributed by atoms with E-state index < -0.39 is 18.3 Å². The third kappa shape index (κ3) is 387. The fraction of sp³-hybridized carbons (Fsp3) is 0. The molecule has 0 aromatic rings. The van der Waals surface area contributed by atoms with E-state index in [1.54, 1.807) is 0 Å².